The number of nitrogens with zero attached hydrogens (tertiary/aromatic N) is 2. The number of carbonyl (C=O) groups is 1. The van der Waals surface area contributed by atoms with Crippen molar-refractivity contribution in [2.45, 2.75) is 6.42 Å². The van der Waals surface area contributed by atoms with E-state index in [2.05, 4.69) is 9.88 Å². The smallest absolute Gasteiger partial charge is 0.222 e. The molecule has 0 saturated carbocycles. The summed E-state index contributed by atoms with van der Waals surface area (Å²) < 4.78 is 0. The highest BCUT2D eigenvalue weighted by molar-refractivity contribution is 5.99. The minimum absolute atomic E-state index is 0.0655. The standard InChI is InChI=1S/C14H16N4O/c15-11-3-4-12(10-2-1-6-17-13(10)11)18-7-5-9(8-18)14(16)19/h1-4,6,9H,5,7-8,15H2,(H2,16,19). The molecule has 2 aromatic rings. The summed E-state index contributed by atoms with van der Waals surface area (Å²) in [5, 5.41) is 1.02. The summed E-state index contributed by atoms with van der Waals surface area (Å²) in [6.45, 7) is 1.50. The Balaban J connectivity index is 2.02. The van der Waals surface area contributed by atoms with Gasteiger partial charge in [0.2, 0.25) is 5.91 Å². The van der Waals surface area contributed by atoms with Gasteiger partial charge in [-0.3, -0.25) is 9.78 Å². The number of hydrogen-bond donors (Lipinski definition) is 2. The fourth-order valence-electron chi connectivity index (χ4n) is 2.67. The van der Waals surface area contributed by atoms with Crippen molar-refractivity contribution in [3.63, 3.8) is 0 Å². The lowest BCUT2D eigenvalue weighted by atomic mass is 10.1. The van der Waals surface area contributed by atoms with Crippen molar-refractivity contribution in [3.05, 3.63) is 30.5 Å². The molecule has 98 valence electrons. The number of nitrogen functional groups attached to an aromatic ring is 1. The second-order valence-corrected chi connectivity index (χ2v) is 4.91. The van der Waals surface area contributed by atoms with Crippen LogP contribution in [0.15, 0.2) is 30.5 Å². The van der Waals surface area contributed by atoms with E-state index in [9.17, 15) is 4.79 Å². The lowest BCUT2D eigenvalue weighted by molar-refractivity contribution is -0.121. The summed E-state index contributed by atoms with van der Waals surface area (Å²) in [6.07, 6.45) is 2.54. The molecule has 19 heavy (non-hydrogen) atoms. The highest BCUT2D eigenvalue weighted by Crippen LogP contribution is 2.32. The fourth-order valence-corrected chi connectivity index (χ4v) is 2.67. The monoisotopic (exact) mass is 256 g/mol. The Labute approximate surface area is 111 Å². The zero-order valence-corrected chi connectivity index (χ0v) is 10.5. The lowest BCUT2D eigenvalue weighted by Crippen LogP contribution is -2.27. The number of rotatable bonds is 2. The Kier molecular flexibility index (Phi) is 2.74. The van der Waals surface area contributed by atoms with Crippen LogP contribution in [0.2, 0.25) is 0 Å². The van der Waals surface area contributed by atoms with E-state index in [-0.39, 0.29) is 11.8 Å². The normalized spacial score (nSPS) is 18.9. The number of nitrogens with two attached hydrogens (primary N) is 2. The first-order valence-electron chi connectivity index (χ1n) is 6.34. The molecule has 0 bridgehead atoms. The van der Waals surface area contributed by atoms with Gasteiger partial charge in [-0.1, -0.05) is 0 Å². The van der Waals surface area contributed by atoms with Gasteiger partial charge in [-0.25, -0.2) is 0 Å². The van der Waals surface area contributed by atoms with Gasteiger partial charge in [0.05, 0.1) is 17.1 Å². The van der Waals surface area contributed by atoms with E-state index in [1.54, 1.807) is 6.20 Å². The summed E-state index contributed by atoms with van der Waals surface area (Å²) in [5.74, 6) is -0.287. The number of primary amides is 1. The van der Waals surface area contributed by atoms with Gasteiger partial charge >= 0.3 is 0 Å². The van der Waals surface area contributed by atoms with Crippen LogP contribution in [0, 0.1) is 5.92 Å². The van der Waals surface area contributed by atoms with Crippen LogP contribution in [0.3, 0.4) is 0 Å². The van der Waals surface area contributed by atoms with Crippen molar-refractivity contribution < 1.29 is 4.79 Å². The zero-order valence-electron chi connectivity index (χ0n) is 10.5. The molecule has 1 aliphatic heterocycles. The Bertz CT molecular complexity index is 640. The highest BCUT2D eigenvalue weighted by atomic mass is 16.1. The van der Waals surface area contributed by atoms with Gasteiger partial charge in [0.25, 0.3) is 0 Å². The zero-order chi connectivity index (χ0) is 13.4. The first kappa shape index (κ1) is 11.8. The van der Waals surface area contributed by atoms with E-state index < -0.39 is 0 Å². The molecule has 4 N–H and O–H groups in total. The van der Waals surface area contributed by atoms with Crippen LogP contribution in [0.1, 0.15) is 6.42 Å². The van der Waals surface area contributed by atoms with Crippen molar-refractivity contribution >= 4 is 28.2 Å². The maximum absolute atomic E-state index is 11.3. The first-order valence-corrected chi connectivity index (χ1v) is 6.34. The molecule has 3 rings (SSSR count). The summed E-state index contributed by atoms with van der Waals surface area (Å²) in [7, 11) is 0. The van der Waals surface area contributed by atoms with E-state index in [4.69, 9.17) is 11.5 Å². The van der Waals surface area contributed by atoms with Gasteiger partial charge in [-0.05, 0) is 30.7 Å². The molecule has 1 atom stereocenters. The molecule has 5 heteroatoms. The number of pyridine rings is 1. The third kappa shape index (κ3) is 1.97. The predicted molar refractivity (Wildman–Crippen MR) is 75.7 cm³/mol. The van der Waals surface area contributed by atoms with Gasteiger partial charge in [0, 0.05) is 30.4 Å². The quantitative estimate of drug-likeness (QED) is 0.789. The van der Waals surface area contributed by atoms with Gasteiger partial charge in [-0.2, -0.15) is 0 Å². The van der Waals surface area contributed by atoms with Crippen LogP contribution in [-0.4, -0.2) is 24.0 Å². The molecular weight excluding hydrogens is 240 g/mol. The molecule has 1 aliphatic rings. The van der Waals surface area contributed by atoms with Crippen molar-refractivity contribution in [1.29, 1.82) is 0 Å². The minimum Gasteiger partial charge on any atom is -0.397 e. The Morgan fingerprint density at radius 2 is 2.21 bits per heavy atom. The van der Waals surface area contributed by atoms with Crippen molar-refractivity contribution in [1.82, 2.24) is 4.98 Å². The highest BCUT2D eigenvalue weighted by Gasteiger charge is 2.27. The van der Waals surface area contributed by atoms with E-state index in [1.807, 2.05) is 24.3 Å². The third-order valence-electron chi connectivity index (χ3n) is 3.71. The van der Waals surface area contributed by atoms with Gasteiger partial charge in [0.1, 0.15) is 0 Å². The minimum atomic E-state index is -0.222. The number of benzene rings is 1. The number of aromatic nitrogens is 1. The molecule has 1 unspecified atom stereocenters. The van der Waals surface area contributed by atoms with Crippen LogP contribution in [0.5, 0.6) is 0 Å². The van der Waals surface area contributed by atoms with Crippen LogP contribution in [0.4, 0.5) is 11.4 Å². The second kappa shape index (κ2) is 4.42. The van der Waals surface area contributed by atoms with Gasteiger partial charge in [0.15, 0.2) is 0 Å². The van der Waals surface area contributed by atoms with E-state index in [1.165, 1.54) is 0 Å². The van der Waals surface area contributed by atoms with Crippen LogP contribution in [0.25, 0.3) is 10.9 Å². The Hall–Kier alpha value is -2.30. The van der Waals surface area contributed by atoms with E-state index in [0.29, 0.717) is 12.2 Å². The molecular formula is C14H16N4O. The van der Waals surface area contributed by atoms with Gasteiger partial charge in [-0.15, -0.1) is 0 Å². The van der Waals surface area contributed by atoms with Crippen LogP contribution in [-0.2, 0) is 4.79 Å². The fraction of sp³-hybridized carbons (Fsp3) is 0.286. The molecule has 1 amide bonds. The Morgan fingerprint density at radius 1 is 1.37 bits per heavy atom. The number of amides is 1. The molecule has 1 fully saturated rings. The second-order valence-electron chi connectivity index (χ2n) is 4.91. The number of fused-ring (bicyclic) bond motifs is 1. The molecule has 0 radical (unpaired) electrons. The van der Waals surface area contributed by atoms with E-state index in [0.717, 1.165) is 29.6 Å². The molecule has 5 nitrogen and oxygen atoms in total. The molecule has 2 heterocycles. The Morgan fingerprint density at radius 3 is 2.95 bits per heavy atom. The third-order valence-corrected chi connectivity index (χ3v) is 3.71. The van der Waals surface area contributed by atoms with Crippen molar-refractivity contribution in [3.8, 4) is 0 Å². The lowest BCUT2D eigenvalue weighted by Gasteiger charge is -2.20. The summed E-state index contributed by atoms with van der Waals surface area (Å²) in [4.78, 5) is 17.8. The predicted octanol–water partition coefficient (Wildman–Crippen LogP) is 1.13. The first-order chi connectivity index (χ1) is 9.16. The SMILES string of the molecule is NC(=O)C1CCN(c2ccc(N)c3ncccc23)C1. The van der Waals surface area contributed by atoms with Crippen molar-refractivity contribution in [2.24, 2.45) is 11.7 Å². The number of carbonyl (C=O) groups excluding carboxylic acids is 1. The molecule has 1 aromatic heterocycles. The molecule has 0 spiro atoms. The molecule has 0 aliphatic carbocycles. The molecule has 1 aromatic carbocycles. The maximum Gasteiger partial charge on any atom is 0.222 e. The number of anilines is 2. The molecule has 1 saturated heterocycles. The average Bonchev–Trinajstić information content (AvgIpc) is 2.89. The van der Waals surface area contributed by atoms with E-state index >= 15 is 0 Å². The van der Waals surface area contributed by atoms with Gasteiger partial charge < -0.3 is 16.4 Å². The summed E-state index contributed by atoms with van der Waals surface area (Å²) in [5.41, 5.74) is 13.9. The topological polar surface area (TPSA) is 85.2 Å². The summed E-state index contributed by atoms with van der Waals surface area (Å²) >= 11 is 0. The summed E-state index contributed by atoms with van der Waals surface area (Å²) in [6, 6.07) is 7.75. The average molecular weight is 256 g/mol. The number of hydrogen-bond acceptors (Lipinski definition) is 4. The van der Waals surface area contributed by atoms with Crippen molar-refractivity contribution in [2.75, 3.05) is 23.7 Å². The van der Waals surface area contributed by atoms with Crippen LogP contribution >= 0.6 is 0 Å². The van der Waals surface area contributed by atoms with Crippen LogP contribution < -0.4 is 16.4 Å². The largest absolute Gasteiger partial charge is 0.397 e. The maximum atomic E-state index is 11.3.